The van der Waals surface area contributed by atoms with Gasteiger partial charge in [0.2, 0.25) is 0 Å². The highest BCUT2D eigenvalue weighted by atomic mass is 32.2. The Hall–Kier alpha value is -1.60. The van der Waals surface area contributed by atoms with E-state index in [0.717, 1.165) is 5.56 Å². The van der Waals surface area contributed by atoms with Crippen molar-refractivity contribution in [3.05, 3.63) is 23.8 Å². The zero-order valence-corrected chi connectivity index (χ0v) is 12.1. The maximum absolute atomic E-state index is 11.8. The minimum absolute atomic E-state index is 0.138. The Morgan fingerprint density at radius 3 is 2.60 bits per heavy atom. The van der Waals surface area contributed by atoms with Crippen LogP contribution in [-0.4, -0.2) is 47.1 Å². The molecule has 0 bridgehead atoms. The van der Waals surface area contributed by atoms with Crippen LogP contribution in [0, 0.1) is 0 Å². The topological polar surface area (TPSA) is 84.9 Å². The van der Waals surface area contributed by atoms with Crippen molar-refractivity contribution in [2.45, 2.75) is 12.1 Å². The molecule has 1 aromatic carbocycles. The number of carbonyl (C=O) groups is 1. The third-order valence-electron chi connectivity index (χ3n) is 3.22. The zero-order valence-electron chi connectivity index (χ0n) is 11.3. The van der Waals surface area contributed by atoms with Crippen LogP contribution in [0.4, 0.5) is 0 Å². The standard InChI is InChI=1S/C13H17NO5S/c1-18-11-4-3-8(5-12(11)19-2)9-6-20(17)7-10(14-9)13(15)16/h3-5,9-10,14H,6-7H2,1-2H3,(H,15,16). The summed E-state index contributed by atoms with van der Waals surface area (Å²) in [6.07, 6.45) is 0. The Labute approximate surface area is 119 Å². The molecular weight excluding hydrogens is 282 g/mol. The minimum atomic E-state index is -1.15. The summed E-state index contributed by atoms with van der Waals surface area (Å²) >= 11 is 0. The SMILES string of the molecule is COc1ccc(C2CS(=O)CC(C(=O)O)N2)cc1OC. The van der Waals surface area contributed by atoms with E-state index in [0.29, 0.717) is 17.3 Å². The highest BCUT2D eigenvalue weighted by molar-refractivity contribution is 7.85. The smallest absolute Gasteiger partial charge is 0.321 e. The van der Waals surface area contributed by atoms with Gasteiger partial charge in [-0.1, -0.05) is 6.07 Å². The maximum atomic E-state index is 11.8. The van der Waals surface area contributed by atoms with Gasteiger partial charge < -0.3 is 14.6 Å². The first-order valence-electron chi connectivity index (χ1n) is 6.11. The molecule has 3 unspecified atom stereocenters. The highest BCUT2D eigenvalue weighted by Gasteiger charge is 2.31. The largest absolute Gasteiger partial charge is 0.493 e. The molecule has 0 saturated carbocycles. The van der Waals surface area contributed by atoms with Crippen molar-refractivity contribution in [2.24, 2.45) is 0 Å². The second-order valence-corrected chi connectivity index (χ2v) is 6.04. The average Bonchev–Trinajstić information content (AvgIpc) is 2.45. The lowest BCUT2D eigenvalue weighted by Gasteiger charge is -2.28. The summed E-state index contributed by atoms with van der Waals surface area (Å²) in [5, 5.41) is 12.1. The molecule has 1 fully saturated rings. The Morgan fingerprint density at radius 2 is 2.00 bits per heavy atom. The van der Waals surface area contributed by atoms with Gasteiger partial charge in [-0.25, -0.2) is 0 Å². The van der Waals surface area contributed by atoms with Crippen LogP contribution in [0.15, 0.2) is 18.2 Å². The van der Waals surface area contributed by atoms with Gasteiger partial charge in [0.05, 0.1) is 14.2 Å². The van der Waals surface area contributed by atoms with E-state index in [2.05, 4.69) is 5.32 Å². The fourth-order valence-corrected chi connectivity index (χ4v) is 3.59. The number of ether oxygens (including phenoxy) is 2. The molecule has 0 radical (unpaired) electrons. The molecule has 3 atom stereocenters. The van der Waals surface area contributed by atoms with Gasteiger partial charge in [0, 0.05) is 28.3 Å². The molecule has 2 N–H and O–H groups in total. The summed E-state index contributed by atoms with van der Waals surface area (Å²) in [4.78, 5) is 11.1. The van der Waals surface area contributed by atoms with Gasteiger partial charge in [0.15, 0.2) is 11.5 Å². The second kappa shape index (κ2) is 6.23. The number of rotatable bonds is 4. The van der Waals surface area contributed by atoms with E-state index in [1.165, 1.54) is 7.11 Å². The van der Waals surface area contributed by atoms with E-state index in [9.17, 15) is 9.00 Å². The molecule has 0 spiro atoms. The van der Waals surface area contributed by atoms with Crippen molar-refractivity contribution < 1.29 is 23.6 Å². The van der Waals surface area contributed by atoms with E-state index in [4.69, 9.17) is 14.6 Å². The van der Waals surface area contributed by atoms with Gasteiger partial charge in [-0.2, -0.15) is 0 Å². The molecular formula is C13H17NO5S. The van der Waals surface area contributed by atoms with Crippen molar-refractivity contribution in [2.75, 3.05) is 25.7 Å². The van der Waals surface area contributed by atoms with Crippen molar-refractivity contribution in [3.63, 3.8) is 0 Å². The number of hydrogen-bond donors (Lipinski definition) is 2. The summed E-state index contributed by atoms with van der Waals surface area (Å²) in [6, 6.07) is 4.29. The van der Waals surface area contributed by atoms with Crippen LogP contribution in [0.3, 0.4) is 0 Å². The Balaban J connectivity index is 2.26. The van der Waals surface area contributed by atoms with Gasteiger partial charge in [-0.15, -0.1) is 0 Å². The number of nitrogens with one attached hydrogen (secondary N) is 1. The maximum Gasteiger partial charge on any atom is 0.321 e. The van der Waals surface area contributed by atoms with Crippen molar-refractivity contribution in [3.8, 4) is 11.5 Å². The fraction of sp³-hybridized carbons (Fsp3) is 0.462. The van der Waals surface area contributed by atoms with Gasteiger partial charge in [0.25, 0.3) is 0 Å². The molecule has 2 rings (SSSR count). The van der Waals surface area contributed by atoms with Crippen LogP contribution >= 0.6 is 0 Å². The predicted molar refractivity (Wildman–Crippen MR) is 74.7 cm³/mol. The molecule has 1 aromatic rings. The third-order valence-corrected chi connectivity index (χ3v) is 4.63. The van der Waals surface area contributed by atoms with Gasteiger partial charge >= 0.3 is 5.97 Å². The summed E-state index contributed by atoms with van der Waals surface area (Å²) < 4.78 is 22.2. The Morgan fingerprint density at radius 1 is 1.30 bits per heavy atom. The van der Waals surface area contributed by atoms with E-state index in [1.54, 1.807) is 19.2 Å². The number of aliphatic carboxylic acids is 1. The van der Waals surface area contributed by atoms with Gasteiger partial charge in [-0.3, -0.25) is 14.3 Å². The van der Waals surface area contributed by atoms with Crippen LogP contribution in [-0.2, 0) is 15.6 Å². The summed E-state index contributed by atoms with van der Waals surface area (Å²) in [6.45, 7) is 0. The molecule has 0 aliphatic carbocycles. The second-order valence-electron chi connectivity index (χ2n) is 4.50. The average molecular weight is 299 g/mol. The van der Waals surface area contributed by atoms with E-state index >= 15 is 0 Å². The molecule has 110 valence electrons. The monoisotopic (exact) mass is 299 g/mol. The highest BCUT2D eigenvalue weighted by Crippen LogP contribution is 2.31. The lowest BCUT2D eigenvalue weighted by molar-refractivity contribution is -0.139. The molecule has 7 heteroatoms. The number of methoxy groups -OCH3 is 2. The molecule has 1 aliphatic heterocycles. The summed E-state index contributed by atoms with van der Waals surface area (Å²) in [5.74, 6) is 0.708. The van der Waals surface area contributed by atoms with Crippen molar-refractivity contribution >= 4 is 16.8 Å². The normalized spacial score (nSPS) is 26.0. The predicted octanol–water partition coefficient (Wildman–Crippen LogP) is 0.550. The molecule has 6 nitrogen and oxygen atoms in total. The number of benzene rings is 1. The Kier molecular flexibility index (Phi) is 4.61. The van der Waals surface area contributed by atoms with Crippen molar-refractivity contribution in [1.82, 2.24) is 5.32 Å². The van der Waals surface area contributed by atoms with Gasteiger partial charge in [-0.05, 0) is 17.7 Å². The molecule has 0 aromatic heterocycles. The molecule has 20 heavy (non-hydrogen) atoms. The van der Waals surface area contributed by atoms with Crippen molar-refractivity contribution in [1.29, 1.82) is 0 Å². The zero-order chi connectivity index (χ0) is 14.7. The fourth-order valence-electron chi connectivity index (χ4n) is 2.18. The number of carboxylic acids is 1. The quantitative estimate of drug-likeness (QED) is 0.844. The Bertz CT molecular complexity index is 533. The summed E-state index contributed by atoms with van der Waals surface area (Å²) in [5.41, 5.74) is 0.835. The summed E-state index contributed by atoms with van der Waals surface area (Å²) in [7, 11) is 1.93. The first-order valence-corrected chi connectivity index (χ1v) is 7.59. The number of carboxylic acid groups (broad SMARTS) is 1. The number of hydrogen-bond acceptors (Lipinski definition) is 5. The van der Waals surface area contributed by atoms with E-state index in [-0.39, 0.29) is 11.8 Å². The van der Waals surface area contributed by atoms with Crippen LogP contribution < -0.4 is 14.8 Å². The van der Waals surface area contributed by atoms with E-state index < -0.39 is 22.8 Å². The lowest BCUT2D eigenvalue weighted by atomic mass is 10.1. The van der Waals surface area contributed by atoms with Gasteiger partial charge in [0.1, 0.15) is 6.04 Å². The molecule has 1 heterocycles. The lowest BCUT2D eigenvalue weighted by Crippen LogP contribution is -2.49. The van der Waals surface area contributed by atoms with E-state index in [1.807, 2.05) is 6.07 Å². The first-order chi connectivity index (χ1) is 9.55. The molecule has 0 amide bonds. The van der Waals surface area contributed by atoms with Crippen LogP contribution in [0.25, 0.3) is 0 Å². The van der Waals surface area contributed by atoms with Crippen LogP contribution in [0.1, 0.15) is 11.6 Å². The molecule has 1 aliphatic rings. The molecule has 1 saturated heterocycles. The minimum Gasteiger partial charge on any atom is -0.493 e. The third kappa shape index (κ3) is 3.10. The van der Waals surface area contributed by atoms with Crippen LogP contribution in [0.5, 0.6) is 11.5 Å². The first kappa shape index (κ1) is 14.8. The van der Waals surface area contributed by atoms with Crippen LogP contribution in [0.2, 0.25) is 0 Å².